The van der Waals surface area contributed by atoms with Crippen LogP contribution in [-0.4, -0.2) is 64.8 Å². The maximum atomic E-state index is 13.7. The highest BCUT2D eigenvalue weighted by Crippen LogP contribution is 2.50. The van der Waals surface area contributed by atoms with Crippen molar-refractivity contribution in [1.82, 2.24) is 4.90 Å². The zero-order chi connectivity index (χ0) is 32.2. The average Bonchev–Trinajstić information content (AvgIpc) is 3.25. The molecule has 2 saturated heterocycles. The van der Waals surface area contributed by atoms with E-state index in [1.54, 1.807) is 6.07 Å². The standard InChI is InChI=1S/C34H39BINO8/c1-20-15-24-31(34(42)37(33(24)41)14-8-4-7-11-29(38)39)25-19-35(43)45-27(30(20)25)13-12-23(22-9-5-3-6-10-22)16-21-17-26(36)32(40)28(18-21)44-2/h3,5-6,9-10,16-18,24-25,27,31,40,43H,4,7-8,11-15,19H2,1-2H3,(H,38,39)/b23-16-/t24-,25+,27-,31-/m1/s1. The van der Waals surface area contributed by atoms with Crippen molar-refractivity contribution in [1.29, 1.82) is 0 Å². The summed E-state index contributed by atoms with van der Waals surface area (Å²) in [6.07, 6.45) is 5.39. The van der Waals surface area contributed by atoms with E-state index in [4.69, 9.17) is 14.5 Å². The zero-order valence-corrected chi connectivity index (χ0v) is 27.7. The molecule has 9 nitrogen and oxygen atoms in total. The molecule has 0 aromatic heterocycles. The molecule has 2 fully saturated rings. The van der Waals surface area contributed by atoms with E-state index in [0.29, 0.717) is 54.4 Å². The van der Waals surface area contributed by atoms with Gasteiger partial charge < -0.3 is 24.6 Å². The number of fused-ring (bicyclic) bond motifs is 3. The average molecular weight is 727 g/mol. The number of aromatic hydroxyl groups is 1. The van der Waals surface area contributed by atoms with Crippen LogP contribution in [0.3, 0.4) is 0 Å². The molecule has 3 aliphatic rings. The molecule has 3 N–H and O–H groups in total. The first-order chi connectivity index (χ1) is 21.6. The molecular weight excluding hydrogens is 688 g/mol. The number of benzene rings is 2. The SMILES string of the molecule is COc1cc(/C=C(/CC[C@H]2OB(O)C[C@H]3C2=C(C)C[C@H]2C(=O)N(CCCCCC(=O)O)C(=O)[C@H]23)c2ccccc2)cc(I)c1O. The molecule has 4 atom stereocenters. The molecule has 2 heterocycles. The molecule has 2 aromatic rings. The van der Waals surface area contributed by atoms with Crippen LogP contribution in [0.5, 0.6) is 11.5 Å². The Morgan fingerprint density at radius 3 is 2.58 bits per heavy atom. The van der Waals surface area contributed by atoms with Gasteiger partial charge in [-0.25, -0.2) is 0 Å². The fourth-order valence-corrected chi connectivity index (χ4v) is 7.83. The van der Waals surface area contributed by atoms with Gasteiger partial charge in [0, 0.05) is 13.0 Å². The van der Waals surface area contributed by atoms with Crippen LogP contribution in [0, 0.1) is 21.3 Å². The second-order valence-corrected chi connectivity index (χ2v) is 13.3. The van der Waals surface area contributed by atoms with Crippen molar-refractivity contribution >= 4 is 59.1 Å². The van der Waals surface area contributed by atoms with Gasteiger partial charge in [0.1, 0.15) is 0 Å². The number of unbranched alkanes of at least 4 members (excludes halogenated alkanes) is 2. The Kier molecular flexibility index (Phi) is 10.7. The van der Waals surface area contributed by atoms with Gasteiger partial charge in [0.15, 0.2) is 11.5 Å². The van der Waals surface area contributed by atoms with E-state index in [1.807, 2.05) is 43.3 Å². The first-order valence-electron chi connectivity index (χ1n) is 15.5. The van der Waals surface area contributed by atoms with Crippen molar-refractivity contribution in [3.8, 4) is 11.5 Å². The van der Waals surface area contributed by atoms with E-state index in [0.717, 1.165) is 27.8 Å². The number of carbonyl (C=O) groups is 3. The Balaban J connectivity index is 1.36. The predicted octanol–water partition coefficient (Wildman–Crippen LogP) is 5.79. The van der Waals surface area contributed by atoms with E-state index < -0.39 is 31.0 Å². The number of allylic oxidation sites excluding steroid dienone is 2. The molecule has 45 heavy (non-hydrogen) atoms. The van der Waals surface area contributed by atoms with Crippen LogP contribution in [0.1, 0.15) is 63.0 Å². The molecular formula is C34H39BINO8. The Labute approximate surface area is 277 Å². The lowest BCUT2D eigenvalue weighted by Crippen LogP contribution is -2.46. The number of methoxy groups -OCH3 is 1. The fourth-order valence-electron chi connectivity index (χ4n) is 7.20. The van der Waals surface area contributed by atoms with Crippen LogP contribution in [0.2, 0.25) is 6.32 Å². The second kappa shape index (κ2) is 14.5. The molecule has 11 heteroatoms. The topological polar surface area (TPSA) is 134 Å². The molecule has 0 unspecified atom stereocenters. The number of imide groups is 1. The number of aliphatic carboxylic acids is 1. The minimum atomic E-state index is -1.05. The lowest BCUT2D eigenvalue weighted by molar-refractivity contribution is -0.141. The van der Waals surface area contributed by atoms with Crippen molar-refractivity contribution in [2.45, 2.75) is 64.3 Å². The smallest absolute Gasteiger partial charge is 0.455 e. The summed E-state index contributed by atoms with van der Waals surface area (Å²) < 4.78 is 12.2. The monoisotopic (exact) mass is 727 g/mol. The number of amides is 2. The fraction of sp³-hybridized carbons (Fsp3) is 0.441. The lowest BCUT2D eigenvalue weighted by Gasteiger charge is -2.42. The summed E-state index contributed by atoms with van der Waals surface area (Å²) in [6, 6.07) is 13.7. The van der Waals surface area contributed by atoms with Crippen molar-refractivity contribution in [2.75, 3.05) is 13.7 Å². The van der Waals surface area contributed by atoms with Gasteiger partial charge in [-0.2, -0.15) is 0 Å². The molecule has 5 rings (SSSR count). The van der Waals surface area contributed by atoms with E-state index >= 15 is 0 Å². The van der Waals surface area contributed by atoms with Crippen LogP contribution in [-0.2, 0) is 19.0 Å². The molecule has 238 valence electrons. The van der Waals surface area contributed by atoms with Gasteiger partial charge >= 0.3 is 13.1 Å². The van der Waals surface area contributed by atoms with Crippen LogP contribution in [0.15, 0.2) is 53.6 Å². The van der Waals surface area contributed by atoms with Crippen molar-refractivity contribution in [3.63, 3.8) is 0 Å². The van der Waals surface area contributed by atoms with Crippen LogP contribution in [0.4, 0.5) is 0 Å². The number of ether oxygens (including phenoxy) is 1. The van der Waals surface area contributed by atoms with Crippen molar-refractivity contribution in [2.24, 2.45) is 17.8 Å². The highest BCUT2D eigenvalue weighted by molar-refractivity contribution is 14.1. The number of carbonyl (C=O) groups excluding carboxylic acids is 2. The maximum absolute atomic E-state index is 13.7. The van der Waals surface area contributed by atoms with E-state index in [-0.39, 0.29) is 36.2 Å². The van der Waals surface area contributed by atoms with Gasteiger partial charge in [0.2, 0.25) is 11.8 Å². The predicted molar refractivity (Wildman–Crippen MR) is 179 cm³/mol. The van der Waals surface area contributed by atoms with E-state index in [1.165, 1.54) is 12.0 Å². The Morgan fingerprint density at radius 1 is 1.11 bits per heavy atom. The Bertz CT molecular complexity index is 1510. The summed E-state index contributed by atoms with van der Waals surface area (Å²) in [7, 11) is 0.476. The van der Waals surface area contributed by atoms with Gasteiger partial charge in [-0.15, -0.1) is 0 Å². The van der Waals surface area contributed by atoms with Gasteiger partial charge in [-0.3, -0.25) is 19.3 Å². The quantitative estimate of drug-likeness (QED) is 0.0626. The summed E-state index contributed by atoms with van der Waals surface area (Å²) >= 11 is 2.08. The summed E-state index contributed by atoms with van der Waals surface area (Å²) in [4.78, 5) is 39.3. The number of rotatable bonds is 12. The normalized spacial score (nSPS) is 23.3. The van der Waals surface area contributed by atoms with Gasteiger partial charge in [-0.1, -0.05) is 48.4 Å². The number of halogens is 1. The molecule has 1 aliphatic carbocycles. The number of carboxylic acids is 1. The highest BCUT2D eigenvalue weighted by atomic mass is 127. The van der Waals surface area contributed by atoms with Crippen LogP contribution < -0.4 is 4.74 Å². The first-order valence-corrected chi connectivity index (χ1v) is 16.6. The maximum Gasteiger partial charge on any atom is 0.455 e. The van der Waals surface area contributed by atoms with Gasteiger partial charge in [0.25, 0.3) is 0 Å². The van der Waals surface area contributed by atoms with E-state index in [9.17, 15) is 24.5 Å². The number of hydrogen-bond acceptors (Lipinski definition) is 7. The molecule has 0 spiro atoms. The van der Waals surface area contributed by atoms with Crippen LogP contribution >= 0.6 is 22.6 Å². The van der Waals surface area contributed by atoms with Gasteiger partial charge in [0.05, 0.1) is 28.6 Å². The summed E-state index contributed by atoms with van der Waals surface area (Å²) in [5.74, 6) is -1.95. The molecule has 0 radical (unpaired) electrons. The van der Waals surface area contributed by atoms with Crippen molar-refractivity contribution in [3.05, 3.63) is 68.3 Å². The molecule has 2 amide bonds. The number of nitrogens with zero attached hydrogens (tertiary/aromatic N) is 1. The number of phenolic OH excluding ortho intramolecular Hbond substituents is 1. The molecule has 2 aromatic carbocycles. The number of hydrogen-bond donors (Lipinski definition) is 3. The molecule has 2 aliphatic heterocycles. The number of carboxylic acid groups (broad SMARTS) is 1. The lowest BCUT2D eigenvalue weighted by atomic mass is 9.58. The third-order valence-electron chi connectivity index (χ3n) is 9.25. The van der Waals surface area contributed by atoms with Crippen LogP contribution in [0.25, 0.3) is 11.6 Å². The number of likely N-dealkylation sites (tertiary alicyclic amines) is 1. The third kappa shape index (κ3) is 7.31. The Hall–Kier alpha value is -3.16. The number of phenols is 1. The zero-order valence-electron chi connectivity index (χ0n) is 25.6. The second-order valence-electron chi connectivity index (χ2n) is 12.2. The summed E-state index contributed by atoms with van der Waals surface area (Å²) in [5, 5.41) is 30.1. The Morgan fingerprint density at radius 2 is 1.87 bits per heavy atom. The minimum Gasteiger partial charge on any atom is -0.504 e. The molecule has 0 saturated carbocycles. The summed E-state index contributed by atoms with van der Waals surface area (Å²) in [5.41, 5.74) is 5.04. The largest absolute Gasteiger partial charge is 0.504 e. The van der Waals surface area contributed by atoms with E-state index in [2.05, 4.69) is 28.7 Å². The first kappa shape index (κ1) is 33.2. The van der Waals surface area contributed by atoms with Crippen molar-refractivity contribution < 1.29 is 39.0 Å². The molecule has 0 bridgehead atoms. The highest BCUT2D eigenvalue weighted by Gasteiger charge is 2.56. The van der Waals surface area contributed by atoms with Gasteiger partial charge in [-0.05, 0) is 108 Å². The third-order valence-corrected chi connectivity index (χ3v) is 10.1. The minimum absolute atomic E-state index is 0.0740. The summed E-state index contributed by atoms with van der Waals surface area (Å²) in [6.45, 7) is 2.30.